The first kappa shape index (κ1) is 19.8. The van der Waals surface area contributed by atoms with Crippen LogP contribution in [0.25, 0.3) is 0 Å². The fraction of sp³-hybridized carbons (Fsp3) is 0.211. The number of hydrogen-bond acceptors (Lipinski definition) is 6. The molecule has 0 radical (unpaired) electrons. The van der Waals surface area contributed by atoms with Crippen LogP contribution in [0.15, 0.2) is 53.1 Å². The lowest BCUT2D eigenvalue weighted by atomic mass is 10.2. The van der Waals surface area contributed by atoms with E-state index in [1.165, 1.54) is 30.5 Å². The number of nitrogens with zero attached hydrogens (tertiary/aromatic N) is 3. The lowest BCUT2D eigenvalue weighted by Gasteiger charge is -2.18. The van der Waals surface area contributed by atoms with Crippen molar-refractivity contribution in [1.82, 2.24) is 15.1 Å². The van der Waals surface area contributed by atoms with Crippen molar-refractivity contribution in [3.8, 4) is 0 Å². The minimum absolute atomic E-state index is 0.0403. The minimum atomic E-state index is -1.01. The van der Waals surface area contributed by atoms with Gasteiger partial charge >= 0.3 is 11.8 Å². The summed E-state index contributed by atoms with van der Waals surface area (Å²) < 4.78 is 7.16. The van der Waals surface area contributed by atoms with Crippen LogP contribution in [0, 0.1) is 24.0 Å². The molecule has 0 saturated heterocycles. The summed E-state index contributed by atoms with van der Waals surface area (Å²) in [5.41, 5.74) is 1.31. The molecule has 0 aliphatic rings. The third-order valence-corrected chi connectivity index (χ3v) is 4.22. The van der Waals surface area contributed by atoms with E-state index in [2.05, 4.69) is 15.7 Å². The highest BCUT2D eigenvalue weighted by molar-refractivity contribution is 6.39. The minimum Gasteiger partial charge on any atom is -0.467 e. The van der Waals surface area contributed by atoms with Gasteiger partial charge < -0.3 is 15.1 Å². The van der Waals surface area contributed by atoms with Crippen LogP contribution in [-0.2, 0) is 9.59 Å². The molecule has 1 unspecified atom stereocenters. The van der Waals surface area contributed by atoms with Gasteiger partial charge in [-0.2, -0.15) is 5.10 Å². The van der Waals surface area contributed by atoms with Gasteiger partial charge in [-0.25, -0.2) is 0 Å². The highest BCUT2D eigenvalue weighted by atomic mass is 16.6. The number of anilines is 1. The Balaban J connectivity index is 1.71. The van der Waals surface area contributed by atoms with Crippen molar-refractivity contribution in [3.63, 3.8) is 0 Å². The Bertz CT molecular complexity index is 1040. The fourth-order valence-electron chi connectivity index (χ4n) is 2.94. The van der Waals surface area contributed by atoms with Crippen molar-refractivity contribution >= 4 is 23.2 Å². The van der Waals surface area contributed by atoms with Crippen molar-refractivity contribution in [2.24, 2.45) is 0 Å². The lowest BCUT2D eigenvalue weighted by molar-refractivity contribution is -0.383. The average molecular weight is 397 g/mol. The van der Waals surface area contributed by atoms with Gasteiger partial charge in [0.1, 0.15) is 17.5 Å². The van der Waals surface area contributed by atoms with E-state index in [1.807, 2.05) is 19.9 Å². The summed E-state index contributed by atoms with van der Waals surface area (Å²) in [6.45, 7) is 3.76. The van der Waals surface area contributed by atoms with Crippen LogP contribution in [0.1, 0.15) is 23.2 Å². The largest absolute Gasteiger partial charge is 0.467 e. The Morgan fingerprint density at radius 2 is 1.97 bits per heavy atom. The molecule has 0 aliphatic heterocycles. The predicted octanol–water partition coefficient (Wildman–Crippen LogP) is 2.35. The Hall–Kier alpha value is -3.95. The summed E-state index contributed by atoms with van der Waals surface area (Å²) in [5.74, 6) is -1.37. The molecule has 29 heavy (non-hydrogen) atoms. The van der Waals surface area contributed by atoms with Crippen molar-refractivity contribution in [3.05, 3.63) is 76.0 Å². The predicted molar refractivity (Wildman–Crippen MR) is 103 cm³/mol. The van der Waals surface area contributed by atoms with E-state index in [0.717, 1.165) is 11.4 Å². The number of aryl methyl sites for hydroxylation is 2. The number of furan rings is 1. The average Bonchev–Trinajstić information content (AvgIpc) is 3.32. The van der Waals surface area contributed by atoms with Crippen LogP contribution in [0.2, 0.25) is 0 Å². The molecule has 2 amide bonds. The third kappa shape index (κ3) is 4.49. The number of benzene rings is 1. The molecule has 3 aromatic rings. The van der Waals surface area contributed by atoms with Gasteiger partial charge in [0, 0.05) is 18.3 Å². The zero-order valence-corrected chi connectivity index (χ0v) is 15.8. The molecule has 2 N–H and O–H groups in total. The van der Waals surface area contributed by atoms with Crippen LogP contribution in [0.5, 0.6) is 0 Å². The van der Waals surface area contributed by atoms with Crippen LogP contribution in [-0.4, -0.2) is 33.1 Å². The first-order valence-electron chi connectivity index (χ1n) is 8.75. The van der Waals surface area contributed by atoms with E-state index in [-0.39, 0.29) is 17.9 Å². The summed E-state index contributed by atoms with van der Waals surface area (Å²) in [7, 11) is 0. The summed E-state index contributed by atoms with van der Waals surface area (Å²) in [5, 5.41) is 20.3. The molecular formula is C19H19N5O5. The van der Waals surface area contributed by atoms with Crippen LogP contribution < -0.4 is 10.6 Å². The normalized spacial score (nSPS) is 11.7. The number of aromatic nitrogens is 2. The van der Waals surface area contributed by atoms with Crippen molar-refractivity contribution in [2.75, 3.05) is 11.9 Å². The molecule has 2 heterocycles. The molecule has 1 aromatic carbocycles. The topological polar surface area (TPSA) is 132 Å². The maximum absolute atomic E-state index is 12.3. The van der Waals surface area contributed by atoms with E-state index in [9.17, 15) is 19.7 Å². The van der Waals surface area contributed by atoms with E-state index in [0.29, 0.717) is 5.76 Å². The Labute approximate surface area is 165 Å². The second kappa shape index (κ2) is 8.38. The fourth-order valence-corrected chi connectivity index (χ4v) is 2.94. The van der Waals surface area contributed by atoms with Crippen LogP contribution in [0.4, 0.5) is 11.4 Å². The molecule has 0 aliphatic carbocycles. The molecule has 150 valence electrons. The first-order valence-corrected chi connectivity index (χ1v) is 8.75. The lowest BCUT2D eigenvalue weighted by Crippen LogP contribution is -2.39. The molecule has 2 aromatic heterocycles. The van der Waals surface area contributed by atoms with Gasteiger partial charge in [0.05, 0.1) is 16.9 Å². The highest BCUT2D eigenvalue weighted by Gasteiger charge is 2.24. The highest BCUT2D eigenvalue weighted by Crippen LogP contribution is 2.23. The van der Waals surface area contributed by atoms with Gasteiger partial charge in [0.25, 0.3) is 5.69 Å². The number of carbonyl (C=O) groups excluding carboxylic acids is 2. The van der Waals surface area contributed by atoms with Gasteiger partial charge in [0.2, 0.25) is 0 Å². The molecule has 0 spiro atoms. The number of amides is 2. The number of para-hydroxylation sites is 2. The SMILES string of the molecule is Cc1cc(C)n(C(CNC(=O)C(=O)Nc2ccccc2[N+](=O)[O-])c2ccco2)n1. The van der Waals surface area contributed by atoms with Gasteiger partial charge in [-0.3, -0.25) is 24.4 Å². The summed E-state index contributed by atoms with van der Waals surface area (Å²) >= 11 is 0. The number of rotatable bonds is 6. The molecular weight excluding hydrogens is 378 g/mol. The second-order valence-corrected chi connectivity index (χ2v) is 6.34. The second-order valence-electron chi connectivity index (χ2n) is 6.34. The zero-order chi connectivity index (χ0) is 21.0. The summed E-state index contributed by atoms with van der Waals surface area (Å²) in [4.78, 5) is 34.9. The Morgan fingerprint density at radius 1 is 1.21 bits per heavy atom. The Morgan fingerprint density at radius 3 is 2.59 bits per heavy atom. The maximum atomic E-state index is 12.3. The summed E-state index contributed by atoms with van der Waals surface area (Å²) in [6.07, 6.45) is 1.51. The van der Waals surface area contributed by atoms with E-state index >= 15 is 0 Å². The molecule has 0 fully saturated rings. The third-order valence-electron chi connectivity index (χ3n) is 4.22. The number of nitro groups is 1. The van der Waals surface area contributed by atoms with Gasteiger partial charge in [-0.1, -0.05) is 12.1 Å². The monoisotopic (exact) mass is 397 g/mol. The van der Waals surface area contributed by atoms with Crippen molar-refractivity contribution in [2.45, 2.75) is 19.9 Å². The van der Waals surface area contributed by atoms with Gasteiger partial charge in [-0.05, 0) is 38.1 Å². The van der Waals surface area contributed by atoms with Crippen molar-refractivity contribution in [1.29, 1.82) is 0 Å². The number of nitrogens with one attached hydrogen (secondary N) is 2. The van der Waals surface area contributed by atoms with Gasteiger partial charge in [-0.15, -0.1) is 0 Å². The quantitative estimate of drug-likeness (QED) is 0.373. The van der Waals surface area contributed by atoms with Gasteiger partial charge in [0.15, 0.2) is 0 Å². The molecule has 0 saturated carbocycles. The number of hydrogen-bond donors (Lipinski definition) is 2. The molecule has 10 nitrogen and oxygen atoms in total. The molecule has 10 heteroatoms. The van der Waals surface area contributed by atoms with Crippen LogP contribution >= 0.6 is 0 Å². The first-order chi connectivity index (χ1) is 13.9. The molecule has 3 rings (SSSR count). The van der Waals surface area contributed by atoms with Crippen molar-refractivity contribution < 1.29 is 18.9 Å². The standard InChI is InChI=1S/C19H19N5O5/c1-12-10-13(2)23(22-12)16(17-8-5-9-29-17)11-20-18(25)19(26)21-14-6-3-4-7-15(14)24(27)28/h3-10,16H,11H2,1-2H3,(H,20,25)(H,21,26). The summed E-state index contributed by atoms with van der Waals surface area (Å²) in [6, 6.07) is 10.5. The maximum Gasteiger partial charge on any atom is 0.313 e. The number of nitro benzene ring substituents is 1. The van der Waals surface area contributed by atoms with E-state index < -0.39 is 22.8 Å². The van der Waals surface area contributed by atoms with E-state index in [4.69, 9.17) is 4.42 Å². The zero-order valence-electron chi connectivity index (χ0n) is 15.8. The van der Waals surface area contributed by atoms with E-state index in [1.54, 1.807) is 16.8 Å². The number of carbonyl (C=O) groups is 2. The smallest absolute Gasteiger partial charge is 0.313 e. The molecule has 1 atom stereocenters. The van der Waals surface area contributed by atoms with Crippen LogP contribution in [0.3, 0.4) is 0 Å². The molecule has 0 bridgehead atoms. The Kier molecular flexibility index (Phi) is 5.72.